The zero-order valence-corrected chi connectivity index (χ0v) is 18.6. The number of hydrogen-bond acceptors (Lipinski definition) is 3. The fourth-order valence-electron chi connectivity index (χ4n) is 4.19. The van der Waals surface area contributed by atoms with Gasteiger partial charge in [0, 0.05) is 22.7 Å². The first-order valence-corrected chi connectivity index (χ1v) is 11.1. The molecular formula is C26H30N4O. The van der Waals surface area contributed by atoms with Gasteiger partial charge < -0.3 is 4.57 Å². The lowest BCUT2D eigenvalue weighted by Crippen LogP contribution is -2.27. The van der Waals surface area contributed by atoms with E-state index in [-0.39, 0.29) is 5.91 Å². The van der Waals surface area contributed by atoms with Crippen molar-refractivity contribution in [1.29, 1.82) is 0 Å². The Balaban J connectivity index is 1.69. The summed E-state index contributed by atoms with van der Waals surface area (Å²) in [5, 5.41) is 7.16. The molecule has 0 bridgehead atoms. The smallest absolute Gasteiger partial charge is 0.280 e. The third kappa shape index (κ3) is 4.32. The fourth-order valence-corrected chi connectivity index (χ4v) is 4.19. The van der Waals surface area contributed by atoms with Crippen molar-refractivity contribution in [3.63, 3.8) is 0 Å². The van der Waals surface area contributed by atoms with Crippen molar-refractivity contribution in [2.45, 2.75) is 40.3 Å². The summed E-state index contributed by atoms with van der Waals surface area (Å²) < 4.78 is 2.30. The normalized spacial score (nSPS) is 15.5. The van der Waals surface area contributed by atoms with Gasteiger partial charge in [-0.3, -0.25) is 9.69 Å². The molecule has 2 aromatic carbocycles. The van der Waals surface area contributed by atoms with E-state index in [2.05, 4.69) is 58.9 Å². The molecule has 160 valence electrons. The van der Waals surface area contributed by atoms with E-state index in [9.17, 15) is 4.79 Å². The van der Waals surface area contributed by atoms with E-state index >= 15 is 0 Å². The molecule has 4 rings (SSSR count). The van der Waals surface area contributed by atoms with Gasteiger partial charge in [-0.25, -0.2) is 0 Å². The highest BCUT2D eigenvalue weighted by Crippen LogP contribution is 2.28. The Morgan fingerprint density at radius 2 is 1.65 bits per heavy atom. The van der Waals surface area contributed by atoms with Gasteiger partial charge in [0.1, 0.15) is 0 Å². The monoisotopic (exact) mass is 414 g/mol. The first kappa shape index (κ1) is 21.1. The van der Waals surface area contributed by atoms with Gasteiger partial charge in [0.15, 0.2) is 0 Å². The summed E-state index contributed by atoms with van der Waals surface area (Å²) in [6.45, 7) is 9.34. The van der Waals surface area contributed by atoms with Crippen LogP contribution >= 0.6 is 0 Å². The standard InChI is InChI=1S/C26H30N4O/c1-4-15-28(16-5-2)19-29-18-21(23-13-9-10-14-25(23)29)17-24-20(3)27-30(26(24)31)22-11-7-6-8-12-22/h6-14,17-18H,4-5,15-16,19H2,1-3H3. The quantitative estimate of drug-likeness (QED) is 0.455. The average molecular weight is 415 g/mol. The molecule has 3 aromatic rings. The number of para-hydroxylation sites is 2. The van der Waals surface area contributed by atoms with Gasteiger partial charge in [0.2, 0.25) is 0 Å². The van der Waals surface area contributed by atoms with E-state index in [1.807, 2.05) is 43.3 Å². The molecule has 0 unspecified atom stereocenters. The molecule has 5 nitrogen and oxygen atoms in total. The zero-order valence-electron chi connectivity index (χ0n) is 18.6. The Morgan fingerprint density at radius 3 is 2.35 bits per heavy atom. The van der Waals surface area contributed by atoms with Crippen LogP contribution in [-0.4, -0.2) is 34.2 Å². The van der Waals surface area contributed by atoms with Gasteiger partial charge in [-0.2, -0.15) is 10.1 Å². The van der Waals surface area contributed by atoms with Crippen molar-refractivity contribution in [2.75, 3.05) is 18.1 Å². The number of amides is 1. The number of nitrogens with zero attached hydrogens (tertiary/aromatic N) is 4. The number of carbonyl (C=O) groups is 1. The second-order valence-electron chi connectivity index (χ2n) is 8.03. The van der Waals surface area contributed by atoms with Gasteiger partial charge in [-0.05, 0) is 57.1 Å². The van der Waals surface area contributed by atoms with Gasteiger partial charge in [-0.1, -0.05) is 50.2 Å². The maximum Gasteiger partial charge on any atom is 0.280 e. The summed E-state index contributed by atoms with van der Waals surface area (Å²) in [6.07, 6.45) is 6.43. The molecule has 1 aromatic heterocycles. The number of aromatic nitrogens is 1. The lowest BCUT2D eigenvalue weighted by molar-refractivity contribution is -0.114. The second-order valence-corrected chi connectivity index (χ2v) is 8.03. The van der Waals surface area contributed by atoms with Crippen LogP contribution in [0.3, 0.4) is 0 Å². The van der Waals surface area contributed by atoms with Crippen molar-refractivity contribution >= 4 is 34.3 Å². The second kappa shape index (κ2) is 9.31. The van der Waals surface area contributed by atoms with Crippen molar-refractivity contribution in [3.8, 4) is 0 Å². The highest BCUT2D eigenvalue weighted by molar-refractivity contribution is 6.32. The van der Waals surface area contributed by atoms with Crippen LogP contribution in [0.2, 0.25) is 0 Å². The van der Waals surface area contributed by atoms with Crippen LogP contribution in [0, 0.1) is 0 Å². The Morgan fingerprint density at radius 1 is 0.968 bits per heavy atom. The summed E-state index contributed by atoms with van der Waals surface area (Å²) >= 11 is 0. The number of carbonyl (C=O) groups excluding carboxylic acids is 1. The summed E-state index contributed by atoms with van der Waals surface area (Å²) in [4.78, 5) is 15.6. The molecule has 5 heteroatoms. The third-order valence-corrected chi connectivity index (χ3v) is 5.61. The molecule has 0 saturated carbocycles. The zero-order chi connectivity index (χ0) is 21.8. The molecule has 0 N–H and O–H groups in total. The highest BCUT2D eigenvalue weighted by Gasteiger charge is 2.29. The molecule has 1 aliphatic heterocycles. The Hall–Kier alpha value is -3.18. The molecule has 1 amide bonds. The SMILES string of the molecule is CCCN(CCC)Cn1cc(C=C2C(=O)N(c3ccccc3)N=C2C)c2ccccc21. The van der Waals surface area contributed by atoms with Gasteiger partial charge in [0.05, 0.1) is 23.6 Å². The average Bonchev–Trinajstić information content (AvgIpc) is 3.27. The summed E-state index contributed by atoms with van der Waals surface area (Å²) in [6, 6.07) is 18.0. The fraction of sp³-hybridized carbons (Fsp3) is 0.308. The molecule has 2 heterocycles. The molecule has 0 radical (unpaired) electrons. The third-order valence-electron chi connectivity index (χ3n) is 5.61. The first-order valence-electron chi connectivity index (χ1n) is 11.1. The minimum absolute atomic E-state index is 0.0841. The highest BCUT2D eigenvalue weighted by atomic mass is 16.2. The van der Waals surface area contributed by atoms with Crippen LogP contribution in [0.25, 0.3) is 17.0 Å². The maximum absolute atomic E-state index is 13.1. The number of hydrogen-bond donors (Lipinski definition) is 0. The van der Waals surface area contributed by atoms with E-state index in [0.717, 1.165) is 54.9 Å². The molecule has 0 aliphatic carbocycles. The lowest BCUT2D eigenvalue weighted by Gasteiger charge is -2.22. The largest absolute Gasteiger partial charge is 0.333 e. The van der Waals surface area contributed by atoms with Crippen LogP contribution in [-0.2, 0) is 11.5 Å². The van der Waals surface area contributed by atoms with Crippen LogP contribution in [0.15, 0.2) is 71.5 Å². The van der Waals surface area contributed by atoms with E-state index in [0.29, 0.717) is 5.57 Å². The predicted octanol–water partition coefficient (Wildman–Crippen LogP) is 5.53. The van der Waals surface area contributed by atoms with Gasteiger partial charge >= 0.3 is 0 Å². The summed E-state index contributed by atoms with van der Waals surface area (Å²) in [5.41, 5.74) is 4.41. The number of rotatable bonds is 8. The minimum atomic E-state index is -0.0841. The van der Waals surface area contributed by atoms with Crippen molar-refractivity contribution in [3.05, 3.63) is 71.9 Å². The van der Waals surface area contributed by atoms with Gasteiger partial charge in [0.25, 0.3) is 5.91 Å². The molecule has 0 spiro atoms. The molecule has 0 atom stereocenters. The lowest BCUT2D eigenvalue weighted by atomic mass is 10.1. The number of benzene rings is 2. The van der Waals surface area contributed by atoms with E-state index < -0.39 is 0 Å². The van der Waals surface area contributed by atoms with Crippen molar-refractivity contribution in [2.24, 2.45) is 5.10 Å². The Kier molecular flexibility index (Phi) is 6.33. The van der Waals surface area contributed by atoms with Crippen LogP contribution in [0.5, 0.6) is 0 Å². The number of fused-ring (bicyclic) bond motifs is 1. The summed E-state index contributed by atoms with van der Waals surface area (Å²) in [7, 11) is 0. The Labute approximate surface area is 184 Å². The van der Waals surface area contributed by atoms with Crippen molar-refractivity contribution in [1.82, 2.24) is 9.47 Å². The maximum atomic E-state index is 13.1. The molecule has 0 saturated heterocycles. The van der Waals surface area contributed by atoms with Crippen LogP contribution in [0.1, 0.15) is 39.2 Å². The summed E-state index contributed by atoms with van der Waals surface area (Å²) in [5.74, 6) is -0.0841. The first-order chi connectivity index (χ1) is 15.1. The molecule has 0 fully saturated rings. The Bertz CT molecular complexity index is 1120. The molecule has 1 aliphatic rings. The molecular weight excluding hydrogens is 384 g/mol. The van der Waals surface area contributed by atoms with E-state index in [1.54, 1.807) is 0 Å². The topological polar surface area (TPSA) is 40.8 Å². The number of hydrazone groups is 1. The van der Waals surface area contributed by atoms with E-state index in [1.165, 1.54) is 10.5 Å². The molecule has 31 heavy (non-hydrogen) atoms. The van der Waals surface area contributed by atoms with Gasteiger partial charge in [-0.15, -0.1) is 0 Å². The van der Waals surface area contributed by atoms with E-state index in [4.69, 9.17) is 0 Å². The van der Waals surface area contributed by atoms with Crippen molar-refractivity contribution < 1.29 is 4.79 Å². The number of anilines is 1. The predicted molar refractivity (Wildman–Crippen MR) is 129 cm³/mol. The van der Waals surface area contributed by atoms with Crippen LogP contribution in [0.4, 0.5) is 5.69 Å². The van der Waals surface area contributed by atoms with Crippen LogP contribution < -0.4 is 5.01 Å². The minimum Gasteiger partial charge on any atom is -0.333 e.